The molecule has 0 aromatic heterocycles. The average Bonchev–Trinajstić information content (AvgIpc) is 2.27. The molecule has 1 aliphatic heterocycles. The van der Waals surface area contributed by atoms with Crippen LogP contribution in [0.15, 0.2) is 12.1 Å². The van der Waals surface area contributed by atoms with Gasteiger partial charge in [-0.1, -0.05) is 0 Å². The summed E-state index contributed by atoms with van der Waals surface area (Å²) >= 11 is 0. The number of non-ortho nitro benzene ring substituents is 1. The van der Waals surface area contributed by atoms with Gasteiger partial charge in [-0.25, -0.2) is 0 Å². The number of benzene rings is 1. The molecule has 2 rings (SSSR count). The SMILES string of the molecule is CC1COc2cc([N+](=O)[O-])cc(C=O)c2N1. The van der Waals surface area contributed by atoms with Crippen LogP contribution in [0, 0.1) is 10.1 Å². The van der Waals surface area contributed by atoms with Crippen molar-refractivity contribution in [3.63, 3.8) is 0 Å². The van der Waals surface area contributed by atoms with E-state index in [0.717, 1.165) is 0 Å². The summed E-state index contributed by atoms with van der Waals surface area (Å²) in [7, 11) is 0. The van der Waals surface area contributed by atoms with Crippen molar-refractivity contribution >= 4 is 17.7 Å². The molecule has 0 aliphatic carbocycles. The van der Waals surface area contributed by atoms with Crippen LogP contribution in [0.5, 0.6) is 5.75 Å². The third-order valence-electron chi connectivity index (χ3n) is 2.33. The van der Waals surface area contributed by atoms with Gasteiger partial charge >= 0.3 is 0 Å². The average molecular weight is 222 g/mol. The van der Waals surface area contributed by atoms with E-state index < -0.39 is 4.92 Å². The molecule has 0 bridgehead atoms. The minimum atomic E-state index is -0.547. The van der Waals surface area contributed by atoms with Crippen LogP contribution >= 0.6 is 0 Å². The number of ether oxygens (including phenoxy) is 1. The number of anilines is 1. The molecule has 0 fully saturated rings. The second-order valence-electron chi connectivity index (χ2n) is 3.64. The van der Waals surface area contributed by atoms with Crippen LogP contribution in [-0.4, -0.2) is 23.9 Å². The molecule has 1 aromatic rings. The summed E-state index contributed by atoms with van der Waals surface area (Å²) in [4.78, 5) is 20.9. The molecule has 1 aliphatic rings. The molecular weight excluding hydrogens is 212 g/mol. The molecule has 0 saturated carbocycles. The van der Waals surface area contributed by atoms with Crippen molar-refractivity contribution in [3.05, 3.63) is 27.8 Å². The normalized spacial score (nSPS) is 17.9. The summed E-state index contributed by atoms with van der Waals surface area (Å²) in [5.74, 6) is 0.356. The topological polar surface area (TPSA) is 81.5 Å². The Morgan fingerprint density at radius 3 is 3.00 bits per heavy atom. The fourth-order valence-corrected chi connectivity index (χ4v) is 1.59. The fraction of sp³-hybridized carbons (Fsp3) is 0.300. The van der Waals surface area contributed by atoms with Gasteiger partial charge in [0.15, 0.2) is 6.29 Å². The smallest absolute Gasteiger partial charge is 0.274 e. The van der Waals surface area contributed by atoms with Gasteiger partial charge < -0.3 is 10.1 Å². The van der Waals surface area contributed by atoms with Gasteiger partial charge in [-0.3, -0.25) is 14.9 Å². The molecule has 0 saturated heterocycles. The quantitative estimate of drug-likeness (QED) is 0.467. The molecule has 0 amide bonds. The van der Waals surface area contributed by atoms with Crippen molar-refractivity contribution in [1.29, 1.82) is 0 Å². The molecule has 1 atom stereocenters. The standard InChI is InChI=1S/C10H10N2O4/c1-6-5-16-9-3-8(12(14)15)2-7(4-13)10(9)11-6/h2-4,6,11H,5H2,1H3. The predicted molar refractivity (Wildman–Crippen MR) is 57.1 cm³/mol. The number of carbonyl (C=O) groups excluding carboxylic acids is 1. The number of nitro benzene ring substituents is 1. The van der Waals surface area contributed by atoms with Crippen molar-refractivity contribution in [2.75, 3.05) is 11.9 Å². The molecule has 0 spiro atoms. The number of fused-ring (bicyclic) bond motifs is 1. The highest BCUT2D eigenvalue weighted by Gasteiger charge is 2.22. The maximum Gasteiger partial charge on any atom is 0.274 e. The van der Waals surface area contributed by atoms with Crippen molar-refractivity contribution in [2.45, 2.75) is 13.0 Å². The van der Waals surface area contributed by atoms with Crippen LogP contribution in [0.3, 0.4) is 0 Å². The van der Waals surface area contributed by atoms with Crippen molar-refractivity contribution in [2.24, 2.45) is 0 Å². The Labute approximate surface area is 91.4 Å². The number of nitrogens with one attached hydrogen (secondary N) is 1. The summed E-state index contributed by atoms with van der Waals surface area (Å²) in [6.07, 6.45) is 0.584. The van der Waals surface area contributed by atoms with Gasteiger partial charge in [0, 0.05) is 11.6 Å². The van der Waals surface area contributed by atoms with E-state index in [4.69, 9.17) is 4.74 Å². The number of rotatable bonds is 2. The van der Waals surface area contributed by atoms with Gasteiger partial charge in [0.1, 0.15) is 12.4 Å². The molecule has 1 unspecified atom stereocenters. The first-order valence-corrected chi connectivity index (χ1v) is 4.78. The van der Waals surface area contributed by atoms with Gasteiger partial charge in [-0.2, -0.15) is 0 Å². The maximum absolute atomic E-state index is 10.8. The zero-order valence-corrected chi connectivity index (χ0v) is 8.60. The lowest BCUT2D eigenvalue weighted by Gasteiger charge is -2.25. The van der Waals surface area contributed by atoms with Gasteiger partial charge in [0.2, 0.25) is 0 Å². The predicted octanol–water partition coefficient (Wildman–Crippen LogP) is 1.60. The molecule has 1 heterocycles. The summed E-state index contributed by atoms with van der Waals surface area (Å²) in [6, 6.07) is 2.63. The van der Waals surface area contributed by atoms with Crippen molar-refractivity contribution in [3.8, 4) is 5.75 Å². The Morgan fingerprint density at radius 2 is 2.38 bits per heavy atom. The summed E-state index contributed by atoms with van der Waals surface area (Å²) in [5.41, 5.74) is 0.632. The molecule has 6 nitrogen and oxygen atoms in total. The number of nitrogens with zero attached hydrogens (tertiary/aromatic N) is 1. The van der Waals surface area contributed by atoms with Crippen LogP contribution in [0.1, 0.15) is 17.3 Å². The number of hydrogen-bond donors (Lipinski definition) is 1. The molecule has 1 aromatic carbocycles. The molecular formula is C10H10N2O4. The van der Waals surface area contributed by atoms with Gasteiger partial charge in [-0.05, 0) is 6.92 Å². The summed E-state index contributed by atoms with van der Waals surface area (Å²) in [5, 5.41) is 13.7. The third-order valence-corrected chi connectivity index (χ3v) is 2.33. The summed E-state index contributed by atoms with van der Waals surface area (Å²) in [6.45, 7) is 2.32. The number of aldehydes is 1. The lowest BCUT2D eigenvalue weighted by atomic mass is 10.1. The van der Waals surface area contributed by atoms with E-state index >= 15 is 0 Å². The first-order chi connectivity index (χ1) is 7.61. The Morgan fingerprint density at radius 1 is 1.62 bits per heavy atom. The van der Waals surface area contributed by atoms with Crippen molar-refractivity contribution < 1.29 is 14.5 Å². The van der Waals surface area contributed by atoms with E-state index in [2.05, 4.69) is 5.32 Å². The second-order valence-corrected chi connectivity index (χ2v) is 3.64. The van der Waals surface area contributed by atoms with Crippen LogP contribution < -0.4 is 10.1 Å². The minimum Gasteiger partial charge on any atom is -0.489 e. The van der Waals surface area contributed by atoms with Crippen LogP contribution in [0.25, 0.3) is 0 Å². The molecule has 16 heavy (non-hydrogen) atoms. The second kappa shape index (κ2) is 3.80. The molecule has 84 valence electrons. The first kappa shape index (κ1) is 10.4. The fourth-order valence-electron chi connectivity index (χ4n) is 1.59. The highest BCUT2D eigenvalue weighted by molar-refractivity contribution is 5.89. The lowest BCUT2D eigenvalue weighted by Crippen LogP contribution is -2.29. The molecule has 0 radical (unpaired) electrons. The van der Waals surface area contributed by atoms with Crippen molar-refractivity contribution in [1.82, 2.24) is 0 Å². The van der Waals surface area contributed by atoms with Gasteiger partial charge in [0.05, 0.1) is 22.7 Å². The Kier molecular flexibility index (Phi) is 2.47. The Balaban J connectivity index is 2.54. The van der Waals surface area contributed by atoms with E-state index in [1.165, 1.54) is 12.1 Å². The van der Waals surface area contributed by atoms with Gasteiger partial charge in [0.25, 0.3) is 5.69 Å². The number of nitro groups is 1. The van der Waals surface area contributed by atoms with E-state index in [9.17, 15) is 14.9 Å². The number of carbonyl (C=O) groups is 1. The van der Waals surface area contributed by atoms with E-state index in [-0.39, 0.29) is 17.3 Å². The monoisotopic (exact) mass is 222 g/mol. The maximum atomic E-state index is 10.8. The van der Waals surface area contributed by atoms with E-state index in [1.54, 1.807) is 0 Å². The van der Waals surface area contributed by atoms with Crippen LogP contribution in [0.4, 0.5) is 11.4 Å². The molecule has 1 N–H and O–H groups in total. The van der Waals surface area contributed by atoms with Crippen LogP contribution in [-0.2, 0) is 0 Å². The zero-order chi connectivity index (χ0) is 11.7. The largest absolute Gasteiger partial charge is 0.489 e. The zero-order valence-electron chi connectivity index (χ0n) is 8.60. The summed E-state index contributed by atoms with van der Waals surface area (Å²) < 4.78 is 5.34. The highest BCUT2D eigenvalue weighted by Crippen LogP contribution is 2.35. The Hall–Kier alpha value is -2.11. The Bertz CT molecular complexity index is 458. The first-order valence-electron chi connectivity index (χ1n) is 4.78. The third kappa shape index (κ3) is 1.69. The van der Waals surface area contributed by atoms with Crippen LogP contribution in [0.2, 0.25) is 0 Å². The minimum absolute atomic E-state index is 0.0765. The molecule has 6 heteroatoms. The van der Waals surface area contributed by atoms with E-state index in [0.29, 0.717) is 24.3 Å². The highest BCUT2D eigenvalue weighted by atomic mass is 16.6. The van der Waals surface area contributed by atoms with E-state index in [1.807, 2.05) is 6.92 Å². The number of hydrogen-bond acceptors (Lipinski definition) is 5. The lowest BCUT2D eigenvalue weighted by molar-refractivity contribution is -0.384. The van der Waals surface area contributed by atoms with Gasteiger partial charge in [-0.15, -0.1) is 0 Å².